The average molecular weight is 355 g/mol. The monoisotopic (exact) mass is 354 g/mol. The molecule has 0 aliphatic heterocycles. The Kier molecular flexibility index (Phi) is 14.7. The molecule has 4 N–H and O–H groups in total. The van der Waals surface area contributed by atoms with Crippen molar-refractivity contribution in [2.45, 2.75) is 65.7 Å². The van der Waals surface area contributed by atoms with Gasteiger partial charge in [0, 0.05) is 0 Å². The molecule has 1 aliphatic carbocycles. The molecule has 1 saturated carbocycles. The third-order valence-corrected chi connectivity index (χ3v) is 5.32. The van der Waals surface area contributed by atoms with Crippen LogP contribution in [-0.4, -0.2) is 52.4 Å². The van der Waals surface area contributed by atoms with Gasteiger partial charge in [0.25, 0.3) is 0 Å². The van der Waals surface area contributed by atoms with E-state index in [1.807, 2.05) is 0 Å². The smallest absolute Gasteiger partial charge is 0.00173 e. The highest BCUT2D eigenvalue weighted by molar-refractivity contribution is 4.89. The van der Waals surface area contributed by atoms with Gasteiger partial charge in [0.1, 0.15) is 0 Å². The molecule has 25 heavy (non-hydrogen) atoms. The van der Waals surface area contributed by atoms with Crippen LogP contribution in [0.5, 0.6) is 0 Å². The lowest BCUT2D eigenvalue weighted by Crippen LogP contribution is -2.25. The summed E-state index contributed by atoms with van der Waals surface area (Å²) in [6.07, 6.45) is 9.28. The van der Waals surface area contributed by atoms with Crippen molar-refractivity contribution in [1.82, 2.24) is 21.3 Å². The molecule has 0 amide bonds. The Hall–Kier alpha value is -0.160. The fourth-order valence-electron chi connectivity index (χ4n) is 3.51. The lowest BCUT2D eigenvalue weighted by Gasteiger charge is -2.11. The zero-order chi connectivity index (χ0) is 18.2. The van der Waals surface area contributed by atoms with Crippen LogP contribution < -0.4 is 21.3 Å². The maximum Gasteiger partial charge on any atom is -0.00173 e. The van der Waals surface area contributed by atoms with E-state index in [1.165, 1.54) is 90.8 Å². The summed E-state index contributed by atoms with van der Waals surface area (Å²) in [5.74, 6) is 2.70. The highest BCUT2D eigenvalue weighted by Gasteiger charge is 2.35. The van der Waals surface area contributed by atoms with Crippen molar-refractivity contribution in [1.29, 1.82) is 0 Å². The molecular weight excluding hydrogens is 308 g/mol. The minimum absolute atomic E-state index is 0.830. The van der Waals surface area contributed by atoms with Crippen LogP contribution in [-0.2, 0) is 0 Å². The van der Waals surface area contributed by atoms with E-state index in [0.717, 1.165) is 24.3 Å². The van der Waals surface area contributed by atoms with Gasteiger partial charge in [-0.1, -0.05) is 27.2 Å². The van der Waals surface area contributed by atoms with Crippen LogP contribution in [0.2, 0.25) is 0 Å². The average Bonchev–Trinajstić information content (AvgIpc) is 3.35. The second-order valence-electron chi connectivity index (χ2n) is 8.03. The molecule has 0 spiro atoms. The molecule has 1 aliphatic rings. The van der Waals surface area contributed by atoms with Crippen molar-refractivity contribution in [2.75, 3.05) is 52.4 Å². The van der Waals surface area contributed by atoms with E-state index in [4.69, 9.17) is 0 Å². The summed E-state index contributed by atoms with van der Waals surface area (Å²) >= 11 is 0. The van der Waals surface area contributed by atoms with Gasteiger partial charge in [-0.25, -0.2) is 0 Å². The predicted octanol–water partition coefficient (Wildman–Crippen LogP) is 3.00. The highest BCUT2D eigenvalue weighted by atomic mass is 14.9. The van der Waals surface area contributed by atoms with Crippen LogP contribution in [0, 0.1) is 17.8 Å². The van der Waals surface area contributed by atoms with E-state index in [1.54, 1.807) is 0 Å². The van der Waals surface area contributed by atoms with Gasteiger partial charge in [-0.05, 0) is 109 Å². The summed E-state index contributed by atoms with van der Waals surface area (Å²) in [7, 11) is 0. The molecule has 0 aromatic carbocycles. The predicted molar refractivity (Wildman–Crippen MR) is 111 cm³/mol. The fraction of sp³-hybridized carbons (Fsp3) is 1.00. The Morgan fingerprint density at radius 1 is 0.760 bits per heavy atom. The van der Waals surface area contributed by atoms with E-state index in [0.29, 0.717) is 0 Å². The number of unbranched alkanes of at least 4 members (excludes halogenated alkanes) is 2. The molecule has 3 atom stereocenters. The molecule has 4 nitrogen and oxygen atoms in total. The number of rotatable bonds is 19. The maximum atomic E-state index is 3.66. The zero-order valence-electron chi connectivity index (χ0n) is 17.3. The second-order valence-corrected chi connectivity index (χ2v) is 8.03. The first-order valence-electron chi connectivity index (χ1n) is 11.1. The van der Waals surface area contributed by atoms with Crippen LogP contribution >= 0.6 is 0 Å². The topological polar surface area (TPSA) is 48.1 Å². The largest absolute Gasteiger partial charge is 0.317 e. The molecule has 4 heteroatoms. The van der Waals surface area contributed by atoms with Crippen molar-refractivity contribution in [3.63, 3.8) is 0 Å². The molecule has 0 bridgehead atoms. The molecule has 1 fully saturated rings. The Morgan fingerprint density at radius 2 is 1.28 bits per heavy atom. The summed E-state index contributed by atoms with van der Waals surface area (Å²) in [6.45, 7) is 16.3. The summed E-state index contributed by atoms with van der Waals surface area (Å²) in [6, 6.07) is 0. The normalized spacial score (nSPS) is 20.8. The molecule has 0 saturated heterocycles. The highest BCUT2D eigenvalue weighted by Crippen LogP contribution is 2.36. The van der Waals surface area contributed by atoms with Crippen LogP contribution in [0.15, 0.2) is 0 Å². The van der Waals surface area contributed by atoms with Crippen LogP contribution in [0.1, 0.15) is 65.7 Å². The third-order valence-electron chi connectivity index (χ3n) is 5.32. The molecule has 0 radical (unpaired) electrons. The Labute approximate surface area is 157 Å². The first kappa shape index (κ1) is 22.9. The van der Waals surface area contributed by atoms with Gasteiger partial charge in [0.2, 0.25) is 0 Å². The molecule has 1 rings (SSSR count). The minimum atomic E-state index is 0.830. The first-order chi connectivity index (χ1) is 12.3. The van der Waals surface area contributed by atoms with Crippen LogP contribution in [0.4, 0.5) is 0 Å². The third kappa shape index (κ3) is 13.7. The molecule has 0 aromatic heterocycles. The number of hydrogen-bond acceptors (Lipinski definition) is 4. The van der Waals surface area contributed by atoms with Crippen LogP contribution in [0.25, 0.3) is 0 Å². The summed E-state index contributed by atoms with van der Waals surface area (Å²) in [5.41, 5.74) is 0. The van der Waals surface area contributed by atoms with E-state index in [9.17, 15) is 0 Å². The standard InChI is InChI=1S/C21H46N4/c1-4-10-19(3)16-23-12-8-9-14-25-18-21-15-20(21)17-24-13-7-6-11-22-5-2/h19-25H,4-18H2,1-3H3/t19?,20-,21-/m0/s1. The number of nitrogens with one attached hydrogen (secondary N) is 4. The van der Waals surface area contributed by atoms with Gasteiger partial charge in [-0.2, -0.15) is 0 Å². The van der Waals surface area contributed by atoms with E-state index in [-0.39, 0.29) is 0 Å². The summed E-state index contributed by atoms with van der Waals surface area (Å²) in [4.78, 5) is 0. The summed E-state index contributed by atoms with van der Waals surface area (Å²) < 4.78 is 0. The minimum Gasteiger partial charge on any atom is -0.317 e. The Bertz CT molecular complexity index is 285. The van der Waals surface area contributed by atoms with Crippen molar-refractivity contribution in [3.8, 4) is 0 Å². The summed E-state index contributed by atoms with van der Waals surface area (Å²) in [5, 5.41) is 14.3. The fourth-order valence-corrected chi connectivity index (χ4v) is 3.51. The molecular formula is C21H46N4. The molecule has 1 unspecified atom stereocenters. The second kappa shape index (κ2) is 16.0. The van der Waals surface area contributed by atoms with Gasteiger partial charge in [-0.15, -0.1) is 0 Å². The van der Waals surface area contributed by atoms with Gasteiger partial charge in [0.05, 0.1) is 0 Å². The Morgan fingerprint density at radius 3 is 1.80 bits per heavy atom. The molecule has 150 valence electrons. The lowest BCUT2D eigenvalue weighted by atomic mass is 10.1. The quantitative estimate of drug-likeness (QED) is 0.269. The van der Waals surface area contributed by atoms with Crippen molar-refractivity contribution in [3.05, 3.63) is 0 Å². The van der Waals surface area contributed by atoms with Crippen molar-refractivity contribution in [2.24, 2.45) is 17.8 Å². The Balaban J connectivity index is 1.75. The van der Waals surface area contributed by atoms with Gasteiger partial charge in [-0.3, -0.25) is 0 Å². The van der Waals surface area contributed by atoms with E-state index >= 15 is 0 Å². The van der Waals surface area contributed by atoms with E-state index in [2.05, 4.69) is 42.0 Å². The van der Waals surface area contributed by atoms with Gasteiger partial charge in [0.15, 0.2) is 0 Å². The molecule has 0 heterocycles. The van der Waals surface area contributed by atoms with Crippen molar-refractivity contribution >= 4 is 0 Å². The van der Waals surface area contributed by atoms with Gasteiger partial charge >= 0.3 is 0 Å². The van der Waals surface area contributed by atoms with E-state index < -0.39 is 0 Å². The zero-order valence-corrected chi connectivity index (χ0v) is 17.3. The van der Waals surface area contributed by atoms with Gasteiger partial charge < -0.3 is 21.3 Å². The first-order valence-corrected chi connectivity index (χ1v) is 11.1. The lowest BCUT2D eigenvalue weighted by molar-refractivity contribution is 0.466. The van der Waals surface area contributed by atoms with Crippen molar-refractivity contribution < 1.29 is 0 Å². The maximum absolute atomic E-state index is 3.66. The number of hydrogen-bond donors (Lipinski definition) is 4. The SMILES string of the molecule is CCCC(C)CNCCCCNC[C@@H]1C[C@H]1CNCCCCNCC. The van der Waals surface area contributed by atoms with Crippen LogP contribution in [0.3, 0.4) is 0 Å². The molecule has 0 aromatic rings.